The number of pyridine rings is 1. The number of rotatable bonds is 3. The normalized spacial score (nSPS) is 11.8. The van der Waals surface area contributed by atoms with E-state index < -0.39 is 0 Å². The Kier molecular flexibility index (Phi) is 5.27. The molecule has 0 radical (unpaired) electrons. The monoisotopic (exact) mass is 570 g/mol. The van der Waals surface area contributed by atoms with Crippen LogP contribution in [0.3, 0.4) is 0 Å². The van der Waals surface area contributed by atoms with Gasteiger partial charge in [-0.3, -0.25) is 0 Å². The summed E-state index contributed by atoms with van der Waals surface area (Å²) < 4.78 is 3.85. The van der Waals surface area contributed by atoms with Crippen LogP contribution in [0.15, 0.2) is 133 Å². The second kappa shape index (κ2) is 9.31. The molecule has 0 amide bonds. The number of hydrogen-bond donors (Lipinski definition) is 0. The molecule has 3 heterocycles. The summed E-state index contributed by atoms with van der Waals surface area (Å²) in [5, 5.41) is 7.38. The zero-order chi connectivity index (χ0) is 27.6. The Balaban J connectivity index is 1.18. The van der Waals surface area contributed by atoms with Crippen LogP contribution in [0.25, 0.3) is 85.0 Å². The smallest absolute Gasteiger partial charge is 0.124 e. The minimum Gasteiger partial charge on any atom is -0.247 e. The number of hydrogen-bond acceptors (Lipinski definition) is 4. The molecule has 0 fully saturated rings. The van der Waals surface area contributed by atoms with Crippen LogP contribution >= 0.6 is 22.7 Å². The molecule has 0 saturated carbocycles. The highest BCUT2D eigenvalue weighted by molar-refractivity contribution is 7.26. The molecule has 0 aliphatic carbocycles. The van der Waals surface area contributed by atoms with Crippen molar-refractivity contribution in [2.45, 2.75) is 0 Å². The van der Waals surface area contributed by atoms with Gasteiger partial charge in [-0.25, -0.2) is 9.97 Å². The number of thiophene rings is 1. The fourth-order valence-electron chi connectivity index (χ4n) is 6.07. The van der Waals surface area contributed by atoms with E-state index in [2.05, 4.69) is 127 Å². The summed E-state index contributed by atoms with van der Waals surface area (Å²) in [6.07, 6.45) is 0. The molecule has 0 atom stereocenters. The summed E-state index contributed by atoms with van der Waals surface area (Å²) in [7, 11) is 0. The first-order chi connectivity index (χ1) is 20.8. The van der Waals surface area contributed by atoms with E-state index in [-0.39, 0.29) is 0 Å². The molecular formula is C38H22N2S2. The number of aromatic nitrogens is 2. The van der Waals surface area contributed by atoms with Crippen LogP contribution < -0.4 is 0 Å². The lowest BCUT2D eigenvalue weighted by atomic mass is 9.96. The molecule has 6 aromatic carbocycles. The van der Waals surface area contributed by atoms with Crippen molar-refractivity contribution in [1.82, 2.24) is 9.97 Å². The molecule has 4 heteroatoms. The molecule has 9 rings (SSSR count). The van der Waals surface area contributed by atoms with Crippen LogP contribution in [0.5, 0.6) is 0 Å². The van der Waals surface area contributed by atoms with Gasteiger partial charge in [-0.2, -0.15) is 0 Å². The van der Waals surface area contributed by atoms with Gasteiger partial charge >= 0.3 is 0 Å². The van der Waals surface area contributed by atoms with Crippen molar-refractivity contribution in [2.75, 3.05) is 0 Å². The highest BCUT2D eigenvalue weighted by Crippen LogP contribution is 2.43. The topological polar surface area (TPSA) is 25.8 Å². The standard InChI is InChI=1S/C38H22N2S2/c1-2-8-25(9-3-1)38-40-32-21-18-26(22-34(32)42-38)23-14-16-24(17-15-23)36-30-20-19-28-27-10-5-7-13-33(27)41-37(28)35(30)29-11-4-6-12-31(29)39-36/h1-22H. The molecule has 2 nitrogen and oxygen atoms in total. The lowest BCUT2D eigenvalue weighted by Gasteiger charge is -2.12. The number of nitrogens with zero attached hydrogens (tertiary/aromatic N) is 2. The van der Waals surface area contributed by atoms with Gasteiger partial charge in [-0.15, -0.1) is 22.7 Å². The third-order valence-corrected chi connectivity index (χ3v) is 10.4. The van der Waals surface area contributed by atoms with E-state index >= 15 is 0 Å². The Hall–Kier alpha value is -4.90. The third kappa shape index (κ3) is 3.69. The van der Waals surface area contributed by atoms with Crippen molar-refractivity contribution < 1.29 is 0 Å². The summed E-state index contributed by atoms with van der Waals surface area (Å²) in [5.74, 6) is 0. The van der Waals surface area contributed by atoms with Gasteiger partial charge < -0.3 is 0 Å². The van der Waals surface area contributed by atoms with E-state index in [9.17, 15) is 0 Å². The average Bonchev–Trinajstić information content (AvgIpc) is 3.66. The predicted octanol–water partition coefficient (Wildman–Crippen LogP) is 11.4. The maximum absolute atomic E-state index is 5.21. The number of benzene rings is 6. The minimum absolute atomic E-state index is 1.03. The summed E-state index contributed by atoms with van der Waals surface area (Å²) in [5.41, 5.74) is 7.76. The number of fused-ring (bicyclic) bond motifs is 8. The van der Waals surface area contributed by atoms with Crippen LogP contribution in [0, 0.1) is 0 Å². The maximum Gasteiger partial charge on any atom is 0.124 e. The van der Waals surface area contributed by atoms with Crippen LogP contribution in [-0.2, 0) is 0 Å². The first-order valence-electron chi connectivity index (χ1n) is 14.0. The van der Waals surface area contributed by atoms with E-state index in [1.807, 2.05) is 17.4 Å². The van der Waals surface area contributed by atoms with E-state index in [1.54, 1.807) is 11.3 Å². The Labute approximate surface area is 250 Å². The first-order valence-corrected chi connectivity index (χ1v) is 15.6. The Morgan fingerprint density at radius 1 is 0.405 bits per heavy atom. The van der Waals surface area contributed by atoms with E-state index in [1.165, 1.54) is 52.2 Å². The van der Waals surface area contributed by atoms with Gasteiger partial charge in [-0.1, -0.05) is 109 Å². The highest BCUT2D eigenvalue weighted by atomic mass is 32.1. The van der Waals surface area contributed by atoms with E-state index in [4.69, 9.17) is 9.97 Å². The van der Waals surface area contributed by atoms with Gasteiger partial charge in [0, 0.05) is 47.5 Å². The highest BCUT2D eigenvalue weighted by Gasteiger charge is 2.16. The van der Waals surface area contributed by atoms with Crippen molar-refractivity contribution >= 4 is 74.7 Å². The zero-order valence-electron chi connectivity index (χ0n) is 22.4. The van der Waals surface area contributed by atoms with Crippen molar-refractivity contribution in [2.24, 2.45) is 0 Å². The second-order valence-corrected chi connectivity index (χ2v) is 12.7. The van der Waals surface area contributed by atoms with Gasteiger partial charge in [0.2, 0.25) is 0 Å². The largest absolute Gasteiger partial charge is 0.247 e. The number of para-hydroxylation sites is 1. The summed E-state index contributed by atoms with van der Waals surface area (Å²) in [6, 6.07) is 47.6. The molecule has 196 valence electrons. The number of thiazole rings is 1. The molecule has 0 N–H and O–H groups in total. The molecule has 0 saturated heterocycles. The van der Waals surface area contributed by atoms with Gasteiger partial charge in [0.1, 0.15) is 5.01 Å². The van der Waals surface area contributed by atoms with Gasteiger partial charge in [0.15, 0.2) is 0 Å². The zero-order valence-corrected chi connectivity index (χ0v) is 24.0. The first kappa shape index (κ1) is 23.8. The molecule has 9 aromatic rings. The van der Waals surface area contributed by atoms with Crippen molar-refractivity contribution in [3.8, 4) is 33.0 Å². The Morgan fingerprint density at radius 2 is 1.12 bits per heavy atom. The fourth-order valence-corrected chi connectivity index (χ4v) is 8.34. The Morgan fingerprint density at radius 3 is 2.00 bits per heavy atom. The fraction of sp³-hybridized carbons (Fsp3) is 0. The summed E-state index contributed by atoms with van der Waals surface area (Å²) in [4.78, 5) is 10.1. The molecule has 0 unspecified atom stereocenters. The van der Waals surface area contributed by atoms with Crippen molar-refractivity contribution in [1.29, 1.82) is 0 Å². The Bertz CT molecular complexity index is 2450. The molecule has 3 aromatic heterocycles. The van der Waals surface area contributed by atoms with E-state index in [0.717, 1.165) is 32.9 Å². The molecule has 42 heavy (non-hydrogen) atoms. The van der Waals surface area contributed by atoms with Gasteiger partial charge in [0.05, 0.1) is 21.4 Å². The van der Waals surface area contributed by atoms with Crippen LogP contribution in [0.2, 0.25) is 0 Å². The third-order valence-electron chi connectivity index (χ3n) is 8.11. The van der Waals surface area contributed by atoms with E-state index in [0.29, 0.717) is 0 Å². The maximum atomic E-state index is 5.21. The quantitative estimate of drug-likeness (QED) is 0.197. The van der Waals surface area contributed by atoms with Gasteiger partial charge in [0.25, 0.3) is 0 Å². The lowest BCUT2D eigenvalue weighted by Crippen LogP contribution is -1.90. The van der Waals surface area contributed by atoms with Crippen LogP contribution in [0.1, 0.15) is 0 Å². The molecule has 0 aliphatic heterocycles. The minimum atomic E-state index is 1.03. The SMILES string of the molecule is c1ccc(-c2nc3ccc(-c4ccc(-c5nc6ccccc6c6c5ccc5c7ccccc7sc56)cc4)cc3s2)cc1. The molecule has 0 bridgehead atoms. The second-order valence-electron chi connectivity index (χ2n) is 10.6. The molecular weight excluding hydrogens is 549 g/mol. The molecule has 0 aliphatic rings. The van der Waals surface area contributed by atoms with Crippen molar-refractivity contribution in [3.63, 3.8) is 0 Å². The summed E-state index contributed by atoms with van der Waals surface area (Å²) >= 11 is 3.62. The van der Waals surface area contributed by atoms with Crippen LogP contribution in [-0.4, -0.2) is 9.97 Å². The average molecular weight is 571 g/mol. The van der Waals surface area contributed by atoms with Crippen LogP contribution in [0.4, 0.5) is 0 Å². The summed E-state index contributed by atoms with van der Waals surface area (Å²) in [6.45, 7) is 0. The predicted molar refractivity (Wildman–Crippen MR) is 182 cm³/mol. The molecule has 0 spiro atoms. The lowest BCUT2D eigenvalue weighted by molar-refractivity contribution is 1.43. The van der Waals surface area contributed by atoms with Gasteiger partial charge in [-0.05, 0) is 35.4 Å². The van der Waals surface area contributed by atoms with Crippen molar-refractivity contribution in [3.05, 3.63) is 133 Å².